The van der Waals surface area contributed by atoms with Gasteiger partial charge in [-0.3, -0.25) is 0 Å². The number of imidazole rings is 1. The Morgan fingerprint density at radius 3 is 2.61 bits per heavy atom. The van der Waals surface area contributed by atoms with Gasteiger partial charge in [-0.05, 0) is 22.0 Å². The smallest absolute Gasteiger partial charge is 0.369 e. The Bertz CT molecular complexity index is 591. The van der Waals surface area contributed by atoms with Gasteiger partial charge in [0.05, 0.1) is 21.9 Å². The van der Waals surface area contributed by atoms with Crippen LogP contribution in [0.3, 0.4) is 0 Å². The Labute approximate surface area is 108 Å². The molecule has 0 aliphatic heterocycles. The second-order valence-electron chi connectivity index (χ2n) is 3.74. The van der Waals surface area contributed by atoms with Crippen LogP contribution >= 0.6 is 15.9 Å². The van der Waals surface area contributed by atoms with E-state index in [9.17, 15) is 17.6 Å². The zero-order valence-electron chi connectivity index (χ0n) is 8.93. The van der Waals surface area contributed by atoms with E-state index in [0.29, 0.717) is 5.52 Å². The molecule has 1 aromatic heterocycles. The molecule has 0 aliphatic carbocycles. The Hall–Kier alpha value is -1.31. The van der Waals surface area contributed by atoms with Gasteiger partial charge in [0, 0.05) is 12.6 Å². The standard InChI is InChI=1S/C10H8BrF4N3/c11-5-3-7-8(4-6(5)12)18(9(16)17-7)2-1-10(13,14)15/h3-4H,1-2H2,(H2,16,17). The van der Waals surface area contributed by atoms with Crippen LogP contribution in [0.25, 0.3) is 11.0 Å². The second-order valence-corrected chi connectivity index (χ2v) is 4.60. The number of alkyl halides is 3. The molecular formula is C10H8BrF4N3. The van der Waals surface area contributed by atoms with Gasteiger partial charge in [-0.2, -0.15) is 13.2 Å². The summed E-state index contributed by atoms with van der Waals surface area (Å²) >= 11 is 2.98. The van der Waals surface area contributed by atoms with E-state index in [0.717, 1.165) is 10.6 Å². The highest BCUT2D eigenvalue weighted by molar-refractivity contribution is 9.10. The van der Waals surface area contributed by atoms with Gasteiger partial charge in [-0.15, -0.1) is 0 Å². The van der Waals surface area contributed by atoms with Crippen LogP contribution in [0, 0.1) is 5.82 Å². The van der Waals surface area contributed by atoms with Gasteiger partial charge >= 0.3 is 6.18 Å². The molecule has 0 spiro atoms. The van der Waals surface area contributed by atoms with Gasteiger partial charge in [0.15, 0.2) is 0 Å². The summed E-state index contributed by atoms with van der Waals surface area (Å²) in [6, 6.07) is 2.49. The third kappa shape index (κ3) is 2.58. The summed E-state index contributed by atoms with van der Waals surface area (Å²) in [5.74, 6) is -0.637. The fourth-order valence-electron chi connectivity index (χ4n) is 1.61. The number of aryl methyl sites for hydroxylation is 1. The van der Waals surface area contributed by atoms with Gasteiger partial charge in [-0.1, -0.05) is 0 Å². The maximum atomic E-state index is 13.4. The van der Waals surface area contributed by atoms with Crippen LogP contribution in [0.4, 0.5) is 23.5 Å². The normalized spacial score (nSPS) is 12.3. The molecule has 0 atom stereocenters. The summed E-state index contributed by atoms with van der Waals surface area (Å²) in [7, 11) is 0. The number of nitrogens with zero attached hydrogens (tertiary/aromatic N) is 2. The molecule has 98 valence electrons. The van der Waals surface area contributed by atoms with E-state index < -0.39 is 18.4 Å². The highest BCUT2D eigenvalue weighted by atomic mass is 79.9. The molecular weight excluding hydrogens is 318 g/mol. The molecule has 2 rings (SSSR count). The van der Waals surface area contributed by atoms with Crippen molar-refractivity contribution in [1.82, 2.24) is 9.55 Å². The number of hydrogen-bond acceptors (Lipinski definition) is 2. The predicted octanol–water partition coefficient (Wildman–Crippen LogP) is 3.47. The summed E-state index contributed by atoms with van der Waals surface area (Å²) in [5.41, 5.74) is 6.13. The summed E-state index contributed by atoms with van der Waals surface area (Å²) < 4.78 is 51.2. The monoisotopic (exact) mass is 325 g/mol. The fraction of sp³-hybridized carbons (Fsp3) is 0.300. The van der Waals surface area contributed by atoms with Crippen molar-refractivity contribution in [2.24, 2.45) is 0 Å². The minimum atomic E-state index is -4.29. The van der Waals surface area contributed by atoms with Crippen LogP contribution in [0.1, 0.15) is 6.42 Å². The van der Waals surface area contributed by atoms with E-state index in [4.69, 9.17) is 5.73 Å². The number of rotatable bonds is 2. The number of hydrogen-bond donors (Lipinski definition) is 1. The molecule has 0 bridgehead atoms. The zero-order chi connectivity index (χ0) is 13.5. The molecule has 0 aliphatic rings. The van der Waals surface area contributed by atoms with Crippen molar-refractivity contribution >= 4 is 32.9 Å². The lowest BCUT2D eigenvalue weighted by Crippen LogP contribution is -2.13. The first-order valence-electron chi connectivity index (χ1n) is 4.95. The van der Waals surface area contributed by atoms with Crippen molar-refractivity contribution in [3.63, 3.8) is 0 Å². The molecule has 1 aromatic carbocycles. The summed E-state index contributed by atoms with van der Waals surface area (Å²) in [5, 5.41) is 0. The number of anilines is 1. The quantitative estimate of drug-likeness (QED) is 0.859. The van der Waals surface area contributed by atoms with Gasteiger partial charge in [0.1, 0.15) is 5.82 Å². The summed E-state index contributed by atoms with van der Waals surface area (Å²) in [6.45, 7) is -0.382. The minimum absolute atomic E-state index is 0.0632. The second kappa shape index (κ2) is 4.42. The molecule has 0 amide bonds. The maximum absolute atomic E-state index is 13.4. The van der Waals surface area contributed by atoms with Gasteiger partial charge in [0.2, 0.25) is 5.95 Å². The molecule has 0 fully saturated rings. The minimum Gasteiger partial charge on any atom is -0.369 e. The lowest BCUT2D eigenvalue weighted by atomic mass is 10.3. The van der Waals surface area contributed by atoms with Gasteiger partial charge in [-0.25, -0.2) is 9.37 Å². The molecule has 0 saturated carbocycles. The maximum Gasteiger partial charge on any atom is 0.390 e. The molecule has 0 unspecified atom stereocenters. The Balaban J connectivity index is 2.44. The number of nitrogens with two attached hydrogens (primary N) is 1. The summed E-state index contributed by atoms with van der Waals surface area (Å²) in [6.07, 6.45) is -5.34. The Morgan fingerprint density at radius 1 is 1.33 bits per heavy atom. The van der Waals surface area contributed by atoms with Crippen LogP contribution in [-0.2, 0) is 6.54 Å². The van der Waals surface area contributed by atoms with Crippen molar-refractivity contribution in [1.29, 1.82) is 0 Å². The van der Waals surface area contributed by atoms with Crippen molar-refractivity contribution < 1.29 is 17.6 Å². The molecule has 3 nitrogen and oxygen atoms in total. The van der Waals surface area contributed by atoms with Gasteiger partial charge < -0.3 is 10.3 Å². The zero-order valence-corrected chi connectivity index (χ0v) is 10.5. The highest BCUT2D eigenvalue weighted by Crippen LogP contribution is 2.27. The predicted molar refractivity (Wildman–Crippen MR) is 62.5 cm³/mol. The van der Waals surface area contributed by atoms with Crippen LogP contribution in [0.5, 0.6) is 0 Å². The highest BCUT2D eigenvalue weighted by Gasteiger charge is 2.27. The topological polar surface area (TPSA) is 43.8 Å². The Morgan fingerprint density at radius 2 is 2.00 bits per heavy atom. The van der Waals surface area contributed by atoms with Crippen molar-refractivity contribution in [2.45, 2.75) is 19.1 Å². The Kier molecular flexibility index (Phi) is 3.22. The first-order valence-corrected chi connectivity index (χ1v) is 5.75. The molecule has 1 heterocycles. The first kappa shape index (κ1) is 13.1. The number of nitrogen functional groups attached to an aromatic ring is 1. The van der Waals surface area contributed by atoms with Crippen LogP contribution in [0.15, 0.2) is 16.6 Å². The lowest BCUT2D eigenvalue weighted by molar-refractivity contribution is -0.136. The molecule has 2 aromatic rings. The summed E-state index contributed by atoms with van der Waals surface area (Å²) in [4.78, 5) is 3.89. The van der Waals surface area contributed by atoms with E-state index in [-0.39, 0.29) is 22.5 Å². The van der Waals surface area contributed by atoms with Gasteiger partial charge in [0.25, 0.3) is 0 Å². The van der Waals surface area contributed by atoms with Crippen molar-refractivity contribution in [3.8, 4) is 0 Å². The molecule has 2 N–H and O–H groups in total. The molecule has 8 heteroatoms. The number of fused-ring (bicyclic) bond motifs is 1. The fourth-order valence-corrected chi connectivity index (χ4v) is 1.94. The average molecular weight is 326 g/mol. The molecule has 18 heavy (non-hydrogen) atoms. The molecule has 0 saturated heterocycles. The van der Waals surface area contributed by atoms with E-state index in [2.05, 4.69) is 20.9 Å². The van der Waals surface area contributed by atoms with E-state index in [1.807, 2.05) is 0 Å². The van der Waals surface area contributed by atoms with Crippen molar-refractivity contribution in [2.75, 3.05) is 5.73 Å². The third-order valence-corrected chi connectivity index (χ3v) is 3.05. The molecule has 0 radical (unpaired) electrons. The third-order valence-electron chi connectivity index (χ3n) is 2.44. The van der Waals surface area contributed by atoms with Crippen molar-refractivity contribution in [3.05, 3.63) is 22.4 Å². The SMILES string of the molecule is Nc1nc2cc(Br)c(F)cc2n1CCC(F)(F)F. The number of benzene rings is 1. The van der Waals surface area contributed by atoms with Crippen LogP contribution in [-0.4, -0.2) is 15.7 Å². The number of halogens is 5. The van der Waals surface area contributed by atoms with E-state index >= 15 is 0 Å². The van der Waals surface area contributed by atoms with E-state index in [1.165, 1.54) is 6.07 Å². The largest absolute Gasteiger partial charge is 0.390 e. The van der Waals surface area contributed by atoms with E-state index in [1.54, 1.807) is 0 Å². The number of aromatic nitrogens is 2. The lowest BCUT2D eigenvalue weighted by Gasteiger charge is -2.09. The first-order chi connectivity index (χ1) is 8.28. The van der Waals surface area contributed by atoms with Crippen LogP contribution < -0.4 is 5.73 Å². The van der Waals surface area contributed by atoms with Crippen LogP contribution in [0.2, 0.25) is 0 Å². The average Bonchev–Trinajstić information content (AvgIpc) is 2.51.